The van der Waals surface area contributed by atoms with Crippen LogP contribution in [-0.2, 0) is 19.1 Å². The summed E-state index contributed by atoms with van der Waals surface area (Å²) in [5.41, 5.74) is 0.540. The van der Waals surface area contributed by atoms with E-state index in [2.05, 4.69) is 30.0 Å². The first-order valence-electron chi connectivity index (χ1n) is 12.5. The first kappa shape index (κ1) is 24.7. The molecule has 4 aromatic rings. The normalized spacial score (nSPS) is 22.4. The summed E-state index contributed by atoms with van der Waals surface area (Å²) in [6.45, 7) is 2.89. The Kier molecular flexibility index (Phi) is 6.25. The van der Waals surface area contributed by atoms with Crippen LogP contribution >= 0.6 is 11.3 Å². The van der Waals surface area contributed by atoms with E-state index in [4.69, 9.17) is 23.4 Å². The van der Waals surface area contributed by atoms with Gasteiger partial charge in [0.05, 0.1) is 18.8 Å². The Labute approximate surface area is 222 Å². The Morgan fingerprint density at radius 1 is 1.16 bits per heavy atom. The fourth-order valence-electron chi connectivity index (χ4n) is 5.26. The number of furan rings is 1. The molecule has 2 fully saturated rings. The number of rotatable bonds is 7. The molecule has 1 N–H and O–H groups in total. The minimum absolute atomic E-state index is 0.0828. The molecule has 6 rings (SSSR count). The van der Waals surface area contributed by atoms with Gasteiger partial charge in [0.1, 0.15) is 17.1 Å². The van der Waals surface area contributed by atoms with Crippen LogP contribution in [0.15, 0.2) is 59.2 Å². The zero-order valence-electron chi connectivity index (χ0n) is 20.9. The standard InChI is InChI=1S/C28H27NO8S/c1-16-12-18(23-13-17-6-7-19(33-2)14-24(17)38-23)8-10-29(16)15-25(30)28(36-26(31)27(32)37-28)35-22-5-3-4-21-20(22)9-11-34-21/h3-7,9,11,13-14,16,18,25,30H,8,10,12,15H2,1-2H3/t16-,18-,25+/m1/s1. The third kappa shape index (κ3) is 4.38. The van der Waals surface area contributed by atoms with Crippen LogP contribution in [0.5, 0.6) is 11.5 Å². The Bertz CT molecular complexity index is 1490. The monoisotopic (exact) mass is 537 g/mol. The first-order valence-corrected chi connectivity index (χ1v) is 13.3. The molecule has 0 amide bonds. The lowest BCUT2D eigenvalue weighted by Crippen LogP contribution is -2.56. The van der Waals surface area contributed by atoms with Gasteiger partial charge < -0.3 is 28.5 Å². The second-order valence-corrected chi connectivity index (χ2v) is 10.8. The van der Waals surface area contributed by atoms with Crippen molar-refractivity contribution in [3.63, 3.8) is 0 Å². The second kappa shape index (κ2) is 9.61. The van der Waals surface area contributed by atoms with Crippen molar-refractivity contribution in [2.45, 2.75) is 43.8 Å². The molecule has 9 nitrogen and oxygen atoms in total. The Morgan fingerprint density at radius 2 is 1.97 bits per heavy atom. The maximum absolute atomic E-state index is 12.0. The fourth-order valence-corrected chi connectivity index (χ4v) is 6.50. The summed E-state index contributed by atoms with van der Waals surface area (Å²) in [6, 6.07) is 15.2. The van der Waals surface area contributed by atoms with Gasteiger partial charge in [0.2, 0.25) is 0 Å². The number of cyclic esters (lactones) is 2. The number of likely N-dealkylation sites (tertiary alicyclic amines) is 1. The SMILES string of the molecule is COc1ccc2cc([C@@H]3CCN(C[C@H](O)C4(Oc5cccc6occc56)OC(=O)C(=O)O4)[C@H](C)C3)sc2c1. The van der Waals surface area contributed by atoms with Gasteiger partial charge in [-0.3, -0.25) is 4.90 Å². The second-order valence-electron chi connectivity index (χ2n) is 9.71. The molecule has 0 radical (unpaired) electrons. The quantitative estimate of drug-likeness (QED) is 0.271. The number of hydrogen-bond donors (Lipinski definition) is 1. The topological polar surface area (TPSA) is 108 Å². The van der Waals surface area contributed by atoms with Crippen molar-refractivity contribution < 1.29 is 38.1 Å². The number of ether oxygens (including phenoxy) is 4. The van der Waals surface area contributed by atoms with Crippen LogP contribution < -0.4 is 9.47 Å². The van der Waals surface area contributed by atoms with Crippen molar-refractivity contribution in [2.75, 3.05) is 20.2 Å². The highest BCUT2D eigenvalue weighted by Crippen LogP contribution is 2.40. The summed E-state index contributed by atoms with van der Waals surface area (Å²) in [5, 5.41) is 13.1. The van der Waals surface area contributed by atoms with E-state index in [0.717, 1.165) is 18.6 Å². The summed E-state index contributed by atoms with van der Waals surface area (Å²) < 4.78 is 28.3. The van der Waals surface area contributed by atoms with Crippen molar-refractivity contribution >= 4 is 44.3 Å². The average Bonchev–Trinajstić information content (AvgIpc) is 3.63. The Balaban J connectivity index is 1.18. The molecular formula is C28H27NO8S. The molecule has 2 aromatic heterocycles. The van der Waals surface area contributed by atoms with Gasteiger partial charge in [-0.2, -0.15) is 0 Å². The van der Waals surface area contributed by atoms with Gasteiger partial charge in [-0.05, 0) is 80.1 Å². The van der Waals surface area contributed by atoms with Gasteiger partial charge in [-0.25, -0.2) is 9.59 Å². The first-order chi connectivity index (χ1) is 18.3. The number of aliphatic hydroxyl groups excluding tert-OH is 1. The van der Waals surface area contributed by atoms with Gasteiger partial charge in [-0.15, -0.1) is 11.3 Å². The Hall–Kier alpha value is -3.60. The van der Waals surface area contributed by atoms with Gasteiger partial charge in [0, 0.05) is 22.2 Å². The van der Waals surface area contributed by atoms with Crippen LogP contribution in [0.1, 0.15) is 30.6 Å². The number of β-amino-alcohol motifs (C(OH)–C–C–N with tert-alkyl or cyclic N) is 1. The van der Waals surface area contributed by atoms with E-state index >= 15 is 0 Å². The molecule has 0 spiro atoms. The van der Waals surface area contributed by atoms with Gasteiger partial charge in [0.25, 0.3) is 0 Å². The van der Waals surface area contributed by atoms with Crippen molar-refractivity contribution in [2.24, 2.45) is 0 Å². The minimum Gasteiger partial charge on any atom is -0.497 e. The van der Waals surface area contributed by atoms with Crippen molar-refractivity contribution in [3.05, 3.63) is 59.7 Å². The van der Waals surface area contributed by atoms with E-state index in [1.165, 1.54) is 21.2 Å². The number of carbonyl (C=O) groups excluding carboxylic acids is 2. The largest absolute Gasteiger partial charge is 0.497 e. The summed E-state index contributed by atoms with van der Waals surface area (Å²) in [6.07, 6.45) is 1.82. The van der Waals surface area contributed by atoms with Crippen molar-refractivity contribution in [3.8, 4) is 11.5 Å². The number of aliphatic hydroxyl groups is 1. The third-order valence-electron chi connectivity index (χ3n) is 7.32. The number of carbonyl (C=O) groups is 2. The number of hydrogen-bond acceptors (Lipinski definition) is 10. The van der Waals surface area contributed by atoms with Crippen LogP contribution in [0.2, 0.25) is 0 Å². The summed E-state index contributed by atoms with van der Waals surface area (Å²) in [5.74, 6) is -3.23. The maximum Gasteiger partial charge on any atom is 0.451 e. The van der Waals surface area contributed by atoms with Gasteiger partial charge in [0.15, 0.2) is 6.10 Å². The zero-order valence-corrected chi connectivity index (χ0v) is 21.7. The number of fused-ring (bicyclic) bond motifs is 2. The van der Waals surface area contributed by atoms with E-state index in [1.54, 1.807) is 42.7 Å². The van der Waals surface area contributed by atoms with Crippen LogP contribution in [0.25, 0.3) is 21.1 Å². The molecule has 2 saturated heterocycles. The molecular weight excluding hydrogens is 510 g/mol. The molecule has 4 heterocycles. The van der Waals surface area contributed by atoms with Gasteiger partial charge in [-0.1, -0.05) is 6.07 Å². The number of piperidine rings is 1. The summed E-state index contributed by atoms with van der Waals surface area (Å²) in [7, 11) is 1.67. The van der Waals surface area contributed by atoms with E-state index in [9.17, 15) is 14.7 Å². The van der Waals surface area contributed by atoms with Crippen LogP contribution in [-0.4, -0.2) is 60.3 Å². The van der Waals surface area contributed by atoms with Crippen LogP contribution in [0, 0.1) is 0 Å². The summed E-state index contributed by atoms with van der Waals surface area (Å²) >= 11 is 1.78. The van der Waals surface area contributed by atoms with E-state index in [-0.39, 0.29) is 18.3 Å². The van der Waals surface area contributed by atoms with E-state index < -0.39 is 24.0 Å². The molecule has 2 aliphatic rings. The molecule has 2 aromatic carbocycles. The number of methoxy groups -OCH3 is 1. The number of benzene rings is 2. The molecule has 198 valence electrons. The lowest BCUT2D eigenvalue weighted by Gasteiger charge is -2.40. The molecule has 0 unspecified atom stereocenters. The molecule has 3 atom stereocenters. The number of thiophene rings is 1. The zero-order chi connectivity index (χ0) is 26.4. The van der Waals surface area contributed by atoms with Crippen molar-refractivity contribution in [1.82, 2.24) is 4.90 Å². The van der Waals surface area contributed by atoms with Crippen LogP contribution in [0.4, 0.5) is 0 Å². The van der Waals surface area contributed by atoms with E-state index in [0.29, 0.717) is 23.4 Å². The predicted molar refractivity (Wildman–Crippen MR) is 139 cm³/mol. The highest BCUT2D eigenvalue weighted by Gasteiger charge is 2.58. The van der Waals surface area contributed by atoms with Gasteiger partial charge >= 0.3 is 17.9 Å². The number of esters is 2. The number of nitrogens with zero attached hydrogens (tertiary/aromatic N) is 1. The Morgan fingerprint density at radius 3 is 2.74 bits per heavy atom. The summed E-state index contributed by atoms with van der Waals surface area (Å²) in [4.78, 5) is 27.5. The lowest BCUT2D eigenvalue weighted by atomic mass is 9.90. The predicted octanol–water partition coefficient (Wildman–Crippen LogP) is 4.42. The molecule has 38 heavy (non-hydrogen) atoms. The van der Waals surface area contributed by atoms with Crippen molar-refractivity contribution in [1.29, 1.82) is 0 Å². The molecule has 10 heteroatoms. The fraction of sp³-hybridized carbons (Fsp3) is 0.357. The molecule has 0 aliphatic carbocycles. The minimum atomic E-state index is -2.29. The molecule has 0 saturated carbocycles. The lowest BCUT2D eigenvalue weighted by molar-refractivity contribution is -0.319. The average molecular weight is 538 g/mol. The molecule has 0 bridgehead atoms. The smallest absolute Gasteiger partial charge is 0.451 e. The molecule has 2 aliphatic heterocycles. The highest BCUT2D eigenvalue weighted by atomic mass is 32.1. The van der Waals surface area contributed by atoms with E-state index in [1.807, 2.05) is 6.07 Å². The maximum atomic E-state index is 12.0. The van der Waals surface area contributed by atoms with Crippen LogP contribution in [0.3, 0.4) is 0 Å². The highest BCUT2D eigenvalue weighted by molar-refractivity contribution is 7.19. The third-order valence-corrected chi connectivity index (χ3v) is 8.58.